The smallest absolute Gasteiger partial charge is 0.347 e. The van der Waals surface area contributed by atoms with Gasteiger partial charge in [-0.05, 0) is 18.6 Å². The van der Waals surface area contributed by atoms with Crippen molar-refractivity contribution in [2.24, 2.45) is 0 Å². The van der Waals surface area contributed by atoms with Crippen molar-refractivity contribution in [1.82, 2.24) is 4.98 Å². The number of aromatic nitrogens is 1. The van der Waals surface area contributed by atoms with Gasteiger partial charge in [0.25, 0.3) is 0 Å². The lowest BCUT2D eigenvalue weighted by atomic mass is 10.2. The van der Waals surface area contributed by atoms with E-state index in [2.05, 4.69) is 4.98 Å². The van der Waals surface area contributed by atoms with E-state index in [1.165, 1.54) is 11.3 Å². The number of carboxylic acid groups (broad SMARTS) is 1. The summed E-state index contributed by atoms with van der Waals surface area (Å²) in [6, 6.07) is 9.79. The van der Waals surface area contributed by atoms with Crippen LogP contribution in [0.25, 0.3) is 0 Å². The molecule has 2 rings (SSSR count). The van der Waals surface area contributed by atoms with Crippen LogP contribution in [0.5, 0.6) is 0 Å². The molecule has 0 aliphatic carbocycles. The predicted octanol–water partition coefficient (Wildman–Crippen LogP) is 3.56. The van der Waals surface area contributed by atoms with Gasteiger partial charge >= 0.3 is 5.97 Å². The highest BCUT2D eigenvalue weighted by Gasteiger charge is 2.19. The van der Waals surface area contributed by atoms with Gasteiger partial charge in [0.2, 0.25) is 0 Å². The zero-order valence-corrected chi connectivity index (χ0v) is 11.8. The number of anilines is 2. The molecule has 0 unspecified atom stereocenters. The summed E-state index contributed by atoms with van der Waals surface area (Å²) in [4.78, 5) is 17.9. The van der Waals surface area contributed by atoms with Gasteiger partial charge in [-0.3, -0.25) is 0 Å². The maximum absolute atomic E-state index is 11.2. The summed E-state index contributed by atoms with van der Waals surface area (Å²) in [5.74, 6) is -0.895. The van der Waals surface area contributed by atoms with E-state index in [1.807, 2.05) is 49.2 Å². The molecule has 1 N–H and O–H groups in total. The normalized spacial score (nSPS) is 10.4. The Morgan fingerprint density at radius 2 is 2.05 bits per heavy atom. The van der Waals surface area contributed by atoms with Crippen LogP contribution < -0.4 is 4.90 Å². The van der Waals surface area contributed by atoms with Crippen LogP contribution in [0.1, 0.15) is 28.7 Å². The van der Waals surface area contributed by atoms with E-state index in [-0.39, 0.29) is 0 Å². The summed E-state index contributed by atoms with van der Waals surface area (Å²) >= 11 is 1.23. The van der Waals surface area contributed by atoms with Gasteiger partial charge in [-0.2, -0.15) is 0 Å². The Morgan fingerprint density at radius 1 is 1.37 bits per heavy atom. The topological polar surface area (TPSA) is 53.4 Å². The van der Waals surface area contributed by atoms with Gasteiger partial charge in [-0.15, -0.1) is 0 Å². The molecular weight excluding hydrogens is 260 g/mol. The molecule has 1 aromatic carbocycles. The van der Waals surface area contributed by atoms with Gasteiger partial charge < -0.3 is 10.0 Å². The molecule has 0 radical (unpaired) electrons. The number of benzene rings is 1. The monoisotopic (exact) mass is 276 g/mol. The van der Waals surface area contributed by atoms with Crippen molar-refractivity contribution in [1.29, 1.82) is 0 Å². The van der Waals surface area contributed by atoms with E-state index >= 15 is 0 Å². The standard InChI is InChI=1S/C14H16N2O2S/c1-3-7-11-12(13(17)18)19-14(15-11)16(2)10-8-5-4-6-9-10/h4-6,8-9H,3,7H2,1-2H3,(H,17,18). The lowest BCUT2D eigenvalue weighted by Gasteiger charge is -2.15. The Kier molecular flexibility index (Phi) is 4.16. The highest BCUT2D eigenvalue weighted by molar-refractivity contribution is 7.17. The van der Waals surface area contributed by atoms with Gasteiger partial charge in [-0.1, -0.05) is 42.9 Å². The number of hydrogen-bond donors (Lipinski definition) is 1. The van der Waals surface area contributed by atoms with Crippen molar-refractivity contribution in [2.75, 3.05) is 11.9 Å². The fourth-order valence-electron chi connectivity index (χ4n) is 1.82. The Morgan fingerprint density at radius 3 is 2.63 bits per heavy atom. The lowest BCUT2D eigenvalue weighted by Crippen LogP contribution is -2.08. The fraction of sp³-hybridized carbons (Fsp3) is 0.286. The molecule has 0 aliphatic rings. The van der Waals surface area contributed by atoms with Crippen molar-refractivity contribution in [3.05, 3.63) is 40.9 Å². The molecule has 0 bridgehead atoms. The lowest BCUT2D eigenvalue weighted by molar-refractivity contribution is 0.0700. The molecule has 0 amide bonds. The van der Waals surface area contributed by atoms with Crippen molar-refractivity contribution in [3.8, 4) is 0 Å². The third-order valence-electron chi connectivity index (χ3n) is 2.80. The van der Waals surface area contributed by atoms with Crippen LogP contribution in [-0.2, 0) is 6.42 Å². The number of hydrogen-bond acceptors (Lipinski definition) is 4. The summed E-state index contributed by atoms with van der Waals surface area (Å²) in [7, 11) is 1.90. The first-order valence-corrected chi connectivity index (χ1v) is 6.97. The van der Waals surface area contributed by atoms with Crippen LogP contribution >= 0.6 is 11.3 Å². The van der Waals surface area contributed by atoms with Crippen molar-refractivity contribution in [3.63, 3.8) is 0 Å². The number of para-hydroxylation sites is 1. The Labute approximate surface area is 116 Å². The summed E-state index contributed by atoms with van der Waals surface area (Å²) < 4.78 is 0. The Balaban J connectivity index is 2.35. The van der Waals surface area contributed by atoms with Crippen LogP contribution in [0.4, 0.5) is 10.8 Å². The van der Waals surface area contributed by atoms with Crippen LogP contribution in [0.3, 0.4) is 0 Å². The van der Waals surface area contributed by atoms with Gasteiger partial charge in [0.1, 0.15) is 4.88 Å². The van der Waals surface area contributed by atoms with E-state index in [0.717, 1.165) is 12.1 Å². The SMILES string of the molecule is CCCc1nc(N(C)c2ccccc2)sc1C(=O)O. The average Bonchev–Trinajstić information content (AvgIpc) is 2.83. The zero-order chi connectivity index (χ0) is 13.8. The number of aryl methyl sites for hydroxylation is 1. The minimum atomic E-state index is -0.895. The zero-order valence-electron chi connectivity index (χ0n) is 11.0. The minimum absolute atomic E-state index is 0.347. The predicted molar refractivity (Wildman–Crippen MR) is 77.6 cm³/mol. The van der Waals surface area contributed by atoms with Crippen LogP contribution in [0.2, 0.25) is 0 Å². The van der Waals surface area contributed by atoms with Crippen molar-refractivity contribution >= 4 is 28.1 Å². The minimum Gasteiger partial charge on any atom is -0.477 e. The molecule has 0 aliphatic heterocycles. The molecule has 0 saturated heterocycles. The van der Waals surface area contributed by atoms with Crippen LogP contribution in [0, 0.1) is 0 Å². The van der Waals surface area contributed by atoms with Gasteiger partial charge in [0.05, 0.1) is 5.69 Å². The molecule has 2 aromatic rings. The van der Waals surface area contributed by atoms with E-state index in [9.17, 15) is 9.90 Å². The summed E-state index contributed by atoms with van der Waals surface area (Å²) in [6.45, 7) is 2.02. The Hall–Kier alpha value is -1.88. The maximum atomic E-state index is 11.2. The second kappa shape index (κ2) is 5.84. The fourth-order valence-corrected chi connectivity index (χ4v) is 2.75. The summed E-state index contributed by atoms with van der Waals surface area (Å²) in [5.41, 5.74) is 1.68. The molecule has 1 heterocycles. The molecule has 0 atom stereocenters. The first-order valence-electron chi connectivity index (χ1n) is 6.15. The molecule has 0 spiro atoms. The number of rotatable bonds is 5. The summed E-state index contributed by atoms with van der Waals surface area (Å²) in [5, 5.41) is 9.92. The molecule has 4 nitrogen and oxygen atoms in total. The highest BCUT2D eigenvalue weighted by Crippen LogP contribution is 2.31. The van der Waals surface area contributed by atoms with E-state index in [4.69, 9.17) is 0 Å². The number of aromatic carboxylic acids is 1. The number of carbonyl (C=O) groups is 1. The summed E-state index contributed by atoms with van der Waals surface area (Å²) in [6.07, 6.45) is 1.58. The molecule has 5 heteroatoms. The third kappa shape index (κ3) is 2.93. The van der Waals surface area contributed by atoms with Crippen molar-refractivity contribution in [2.45, 2.75) is 19.8 Å². The van der Waals surface area contributed by atoms with Gasteiger partial charge in [0.15, 0.2) is 5.13 Å². The molecular formula is C14H16N2O2S. The maximum Gasteiger partial charge on any atom is 0.347 e. The Bertz CT molecular complexity index is 566. The molecule has 100 valence electrons. The molecule has 0 saturated carbocycles. The largest absolute Gasteiger partial charge is 0.477 e. The van der Waals surface area contributed by atoms with E-state index in [0.29, 0.717) is 22.1 Å². The second-order valence-electron chi connectivity index (χ2n) is 4.22. The van der Waals surface area contributed by atoms with Crippen LogP contribution in [0.15, 0.2) is 30.3 Å². The van der Waals surface area contributed by atoms with Gasteiger partial charge in [0, 0.05) is 12.7 Å². The van der Waals surface area contributed by atoms with Gasteiger partial charge in [-0.25, -0.2) is 9.78 Å². The third-order valence-corrected chi connectivity index (χ3v) is 3.96. The van der Waals surface area contributed by atoms with Crippen molar-refractivity contribution < 1.29 is 9.90 Å². The molecule has 19 heavy (non-hydrogen) atoms. The second-order valence-corrected chi connectivity index (χ2v) is 5.20. The quantitative estimate of drug-likeness (QED) is 0.907. The first kappa shape index (κ1) is 13.5. The number of carboxylic acids is 1. The van der Waals surface area contributed by atoms with Crippen LogP contribution in [-0.4, -0.2) is 23.1 Å². The molecule has 1 aromatic heterocycles. The van der Waals surface area contributed by atoms with E-state index < -0.39 is 5.97 Å². The number of thiazole rings is 1. The number of nitrogens with zero attached hydrogens (tertiary/aromatic N) is 2. The van der Waals surface area contributed by atoms with E-state index in [1.54, 1.807) is 0 Å². The highest BCUT2D eigenvalue weighted by atomic mass is 32.1. The average molecular weight is 276 g/mol. The first-order chi connectivity index (χ1) is 9.13. The molecule has 0 fully saturated rings.